The lowest BCUT2D eigenvalue weighted by atomic mass is 10.0. The monoisotopic (exact) mass is 281 g/mol. The Morgan fingerprint density at radius 1 is 1.10 bits per heavy atom. The maximum atomic E-state index is 5.70. The van der Waals surface area contributed by atoms with Gasteiger partial charge in [-0.3, -0.25) is 0 Å². The van der Waals surface area contributed by atoms with Crippen LogP contribution in [-0.4, -0.2) is 6.61 Å². The minimum absolute atomic E-state index is 0.360. The summed E-state index contributed by atoms with van der Waals surface area (Å²) in [5.74, 6) is 0.924. The van der Waals surface area contributed by atoms with Gasteiger partial charge in [-0.1, -0.05) is 68.1 Å². The van der Waals surface area contributed by atoms with E-state index in [0.29, 0.717) is 12.6 Å². The molecule has 1 atom stereocenters. The lowest BCUT2D eigenvalue weighted by Crippen LogP contribution is -2.20. The molecule has 0 aromatic heterocycles. The van der Waals surface area contributed by atoms with Crippen molar-refractivity contribution in [2.75, 3.05) is 6.61 Å². The second-order valence-electron chi connectivity index (χ2n) is 4.96. The fourth-order valence-corrected chi connectivity index (χ4v) is 2.36. The Kier molecular flexibility index (Phi) is 6.04. The maximum Gasteiger partial charge on any atom is 0.124 e. The Balaban J connectivity index is 2.03. The van der Waals surface area contributed by atoms with Gasteiger partial charge in [-0.2, -0.15) is 0 Å². The molecule has 21 heavy (non-hydrogen) atoms. The summed E-state index contributed by atoms with van der Waals surface area (Å²) >= 11 is 0. The highest BCUT2D eigenvalue weighted by molar-refractivity contribution is 5.33. The fraction of sp³-hybridized carbons (Fsp3) is 0.263. The van der Waals surface area contributed by atoms with Crippen LogP contribution in [0.4, 0.5) is 0 Å². The second-order valence-corrected chi connectivity index (χ2v) is 4.96. The third kappa shape index (κ3) is 4.47. The molecular formula is C19H23NO. The van der Waals surface area contributed by atoms with Gasteiger partial charge in [-0.25, -0.2) is 0 Å². The van der Waals surface area contributed by atoms with Crippen molar-refractivity contribution >= 4 is 0 Å². The van der Waals surface area contributed by atoms with E-state index in [0.717, 1.165) is 18.7 Å². The molecule has 1 unspecified atom stereocenters. The molecule has 0 aliphatic carbocycles. The Labute approximate surface area is 127 Å². The van der Waals surface area contributed by atoms with Crippen molar-refractivity contribution in [3.63, 3.8) is 0 Å². The van der Waals surface area contributed by atoms with Crippen LogP contribution in [0.25, 0.3) is 0 Å². The van der Waals surface area contributed by atoms with Crippen molar-refractivity contribution < 1.29 is 4.74 Å². The zero-order valence-corrected chi connectivity index (χ0v) is 12.6. The van der Waals surface area contributed by atoms with Gasteiger partial charge in [0, 0.05) is 18.2 Å². The molecule has 2 aromatic rings. The summed E-state index contributed by atoms with van der Waals surface area (Å²) in [5.41, 5.74) is 2.50. The molecular weight excluding hydrogens is 258 g/mol. The zero-order chi connectivity index (χ0) is 14.9. The van der Waals surface area contributed by atoms with E-state index in [1.807, 2.05) is 18.2 Å². The summed E-state index contributed by atoms with van der Waals surface area (Å²) < 4.78 is 5.70. The molecule has 0 bridgehead atoms. The number of ether oxygens (including phenoxy) is 1. The van der Waals surface area contributed by atoms with E-state index in [9.17, 15) is 0 Å². The van der Waals surface area contributed by atoms with Gasteiger partial charge in [-0.05, 0) is 18.1 Å². The normalized spacial score (nSPS) is 11.9. The molecule has 110 valence electrons. The van der Waals surface area contributed by atoms with Gasteiger partial charge in [0.15, 0.2) is 0 Å². The SMILES string of the molecule is C=CCOc1ccccc1CNC(CC)c1ccccc1. The Bertz CT molecular complexity index is 551. The lowest BCUT2D eigenvalue weighted by Gasteiger charge is -2.18. The Hall–Kier alpha value is -2.06. The molecule has 0 saturated carbocycles. The van der Waals surface area contributed by atoms with Gasteiger partial charge in [-0.15, -0.1) is 0 Å². The smallest absolute Gasteiger partial charge is 0.124 e. The van der Waals surface area contributed by atoms with Gasteiger partial charge in [0.05, 0.1) is 0 Å². The first kappa shape index (κ1) is 15.3. The van der Waals surface area contributed by atoms with E-state index >= 15 is 0 Å². The predicted molar refractivity (Wildman–Crippen MR) is 88.4 cm³/mol. The number of hydrogen-bond donors (Lipinski definition) is 1. The number of nitrogens with one attached hydrogen (secondary N) is 1. The zero-order valence-electron chi connectivity index (χ0n) is 12.6. The summed E-state index contributed by atoms with van der Waals surface area (Å²) in [6.07, 6.45) is 2.82. The molecule has 2 nitrogen and oxygen atoms in total. The minimum atomic E-state index is 0.360. The predicted octanol–water partition coefficient (Wildman–Crippen LogP) is 4.49. The third-order valence-corrected chi connectivity index (χ3v) is 3.48. The van der Waals surface area contributed by atoms with Crippen LogP contribution in [0.1, 0.15) is 30.5 Å². The Morgan fingerprint density at radius 2 is 1.81 bits per heavy atom. The van der Waals surface area contributed by atoms with Gasteiger partial charge in [0.2, 0.25) is 0 Å². The highest BCUT2D eigenvalue weighted by Gasteiger charge is 2.09. The highest BCUT2D eigenvalue weighted by Crippen LogP contribution is 2.21. The van der Waals surface area contributed by atoms with Crippen LogP contribution in [0.15, 0.2) is 67.3 Å². The van der Waals surface area contributed by atoms with Crippen molar-refractivity contribution in [1.29, 1.82) is 0 Å². The van der Waals surface area contributed by atoms with Crippen molar-refractivity contribution in [1.82, 2.24) is 5.32 Å². The fourth-order valence-electron chi connectivity index (χ4n) is 2.36. The molecule has 0 aliphatic rings. The Morgan fingerprint density at radius 3 is 2.52 bits per heavy atom. The van der Waals surface area contributed by atoms with Gasteiger partial charge >= 0.3 is 0 Å². The molecule has 0 saturated heterocycles. The minimum Gasteiger partial charge on any atom is -0.489 e. The average molecular weight is 281 g/mol. The number of rotatable bonds is 8. The molecule has 0 aliphatic heterocycles. The maximum absolute atomic E-state index is 5.70. The quantitative estimate of drug-likeness (QED) is 0.720. The lowest BCUT2D eigenvalue weighted by molar-refractivity contribution is 0.356. The number of para-hydroxylation sites is 1. The number of hydrogen-bond acceptors (Lipinski definition) is 2. The molecule has 0 spiro atoms. The van der Waals surface area contributed by atoms with E-state index < -0.39 is 0 Å². The molecule has 2 rings (SSSR count). The summed E-state index contributed by atoms with van der Waals surface area (Å²) in [6, 6.07) is 19.1. The summed E-state index contributed by atoms with van der Waals surface area (Å²) in [7, 11) is 0. The van der Waals surface area contributed by atoms with Crippen molar-refractivity contribution in [3.8, 4) is 5.75 Å². The third-order valence-electron chi connectivity index (χ3n) is 3.48. The van der Waals surface area contributed by atoms with E-state index in [4.69, 9.17) is 4.74 Å². The topological polar surface area (TPSA) is 21.3 Å². The van der Waals surface area contributed by atoms with Crippen LogP contribution in [0, 0.1) is 0 Å². The van der Waals surface area contributed by atoms with E-state index in [2.05, 4.69) is 55.2 Å². The van der Waals surface area contributed by atoms with Crippen LogP contribution in [0.5, 0.6) is 5.75 Å². The standard InChI is InChI=1S/C19H23NO/c1-3-14-21-19-13-9-8-12-17(19)15-20-18(4-2)16-10-6-5-7-11-16/h3,5-13,18,20H,1,4,14-15H2,2H3. The van der Waals surface area contributed by atoms with E-state index in [1.165, 1.54) is 11.1 Å². The first-order valence-corrected chi connectivity index (χ1v) is 7.45. The van der Waals surface area contributed by atoms with Crippen molar-refractivity contribution in [2.45, 2.75) is 25.9 Å². The first-order chi connectivity index (χ1) is 10.3. The summed E-state index contributed by atoms with van der Waals surface area (Å²) in [6.45, 7) is 7.22. The molecule has 2 aromatic carbocycles. The molecule has 0 fully saturated rings. The van der Waals surface area contributed by atoms with Crippen molar-refractivity contribution in [3.05, 3.63) is 78.4 Å². The molecule has 0 heterocycles. The largest absolute Gasteiger partial charge is 0.489 e. The molecule has 2 heteroatoms. The molecule has 1 N–H and O–H groups in total. The molecule has 0 radical (unpaired) electrons. The van der Waals surface area contributed by atoms with Gasteiger partial charge in [0.1, 0.15) is 12.4 Å². The van der Waals surface area contributed by atoms with Gasteiger partial charge < -0.3 is 10.1 Å². The summed E-state index contributed by atoms with van der Waals surface area (Å²) in [5, 5.41) is 3.61. The summed E-state index contributed by atoms with van der Waals surface area (Å²) in [4.78, 5) is 0. The van der Waals surface area contributed by atoms with Crippen molar-refractivity contribution in [2.24, 2.45) is 0 Å². The number of benzene rings is 2. The first-order valence-electron chi connectivity index (χ1n) is 7.45. The molecule has 0 amide bonds. The van der Waals surface area contributed by atoms with Crippen LogP contribution < -0.4 is 10.1 Å². The van der Waals surface area contributed by atoms with Crippen LogP contribution in [0.3, 0.4) is 0 Å². The van der Waals surface area contributed by atoms with Crippen LogP contribution >= 0.6 is 0 Å². The van der Waals surface area contributed by atoms with Gasteiger partial charge in [0.25, 0.3) is 0 Å². The van der Waals surface area contributed by atoms with Crippen LogP contribution in [-0.2, 0) is 6.54 Å². The van der Waals surface area contributed by atoms with E-state index in [-0.39, 0.29) is 0 Å². The van der Waals surface area contributed by atoms with Crippen LogP contribution in [0.2, 0.25) is 0 Å². The van der Waals surface area contributed by atoms with E-state index in [1.54, 1.807) is 6.08 Å². The second kappa shape index (κ2) is 8.28. The highest BCUT2D eigenvalue weighted by atomic mass is 16.5. The average Bonchev–Trinajstić information content (AvgIpc) is 2.55.